The lowest BCUT2D eigenvalue weighted by molar-refractivity contribution is 0.545. The molecule has 15 heavy (non-hydrogen) atoms. The molecule has 0 saturated carbocycles. The number of allylic oxidation sites excluding steroid dienone is 3. The zero-order valence-corrected chi connectivity index (χ0v) is 10.8. The highest BCUT2D eigenvalue weighted by Gasteiger charge is 2.11. The third-order valence-corrected chi connectivity index (χ3v) is 2.95. The van der Waals surface area contributed by atoms with E-state index >= 15 is 0 Å². The van der Waals surface area contributed by atoms with E-state index in [4.69, 9.17) is 4.42 Å². The molecule has 0 aliphatic rings. The zero-order valence-electron chi connectivity index (χ0n) is 8.66. The normalized spacial score (nSPS) is 11.3. The monoisotopic (exact) mass is 312 g/mol. The number of hydrogen-bond acceptors (Lipinski definition) is 1. The van der Waals surface area contributed by atoms with Crippen LogP contribution in [0.3, 0.4) is 0 Å². The molecule has 0 spiro atoms. The molecule has 2 heteroatoms. The summed E-state index contributed by atoms with van der Waals surface area (Å²) in [6.07, 6.45) is 11.2. The van der Waals surface area contributed by atoms with Crippen LogP contribution in [-0.4, -0.2) is 0 Å². The van der Waals surface area contributed by atoms with Crippen LogP contribution < -0.4 is 0 Å². The lowest BCUT2D eigenvalue weighted by Crippen LogP contribution is -1.75. The third-order valence-electron chi connectivity index (χ3n) is 1.84. The highest BCUT2D eigenvalue weighted by atomic mass is 127. The molecule has 0 radical (unpaired) electrons. The van der Waals surface area contributed by atoms with Gasteiger partial charge in [-0.2, -0.15) is 0 Å². The summed E-state index contributed by atoms with van der Waals surface area (Å²) in [5, 5.41) is 0. The smallest absolute Gasteiger partial charge is 0.141 e. The van der Waals surface area contributed by atoms with Gasteiger partial charge in [0.25, 0.3) is 0 Å². The predicted molar refractivity (Wildman–Crippen MR) is 75.5 cm³/mol. The second-order valence-corrected chi connectivity index (χ2v) is 3.94. The van der Waals surface area contributed by atoms with Crippen molar-refractivity contribution in [3.05, 3.63) is 52.0 Å². The Bertz CT molecular complexity index is 422. The van der Waals surface area contributed by atoms with Crippen LogP contribution in [0.1, 0.15) is 24.0 Å². The maximum atomic E-state index is 5.64. The Kier molecular flexibility index (Phi) is 4.62. The van der Waals surface area contributed by atoms with Crippen LogP contribution in [0.2, 0.25) is 0 Å². The fourth-order valence-corrected chi connectivity index (χ4v) is 1.93. The molecule has 78 valence electrons. The molecule has 0 atom stereocenters. The average Bonchev–Trinajstić information content (AvgIpc) is 2.54. The largest absolute Gasteiger partial charge is 0.456 e. The molecule has 1 aromatic heterocycles. The van der Waals surface area contributed by atoms with E-state index in [1.165, 1.54) is 0 Å². The van der Waals surface area contributed by atoms with Crippen molar-refractivity contribution in [2.24, 2.45) is 0 Å². The maximum absolute atomic E-state index is 5.64. The lowest BCUT2D eigenvalue weighted by Gasteiger charge is -1.88. The fourth-order valence-electron chi connectivity index (χ4n) is 1.20. The van der Waals surface area contributed by atoms with Gasteiger partial charge < -0.3 is 4.42 Å². The van der Waals surface area contributed by atoms with Gasteiger partial charge in [-0.1, -0.05) is 37.5 Å². The SMILES string of the molecule is C=C/C=C\c1oc(C=C)c(/C=C\C)c1I. The van der Waals surface area contributed by atoms with Crippen molar-refractivity contribution >= 4 is 40.8 Å². The number of halogens is 1. The molecule has 0 saturated heterocycles. The van der Waals surface area contributed by atoms with E-state index in [1.807, 2.05) is 31.2 Å². The Labute approximate surface area is 104 Å². The van der Waals surface area contributed by atoms with Gasteiger partial charge in [-0.15, -0.1) is 0 Å². The van der Waals surface area contributed by atoms with Crippen molar-refractivity contribution in [3.63, 3.8) is 0 Å². The molecule has 1 nitrogen and oxygen atoms in total. The van der Waals surface area contributed by atoms with Crippen LogP contribution in [0.25, 0.3) is 18.2 Å². The van der Waals surface area contributed by atoms with Gasteiger partial charge in [0.2, 0.25) is 0 Å². The van der Waals surface area contributed by atoms with Crippen molar-refractivity contribution in [2.75, 3.05) is 0 Å². The Hall–Kier alpha value is -1.03. The van der Waals surface area contributed by atoms with Crippen molar-refractivity contribution in [1.29, 1.82) is 0 Å². The topological polar surface area (TPSA) is 13.1 Å². The van der Waals surface area contributed by atoms with Crippen molar-refractivity contribution in [2.45, 2.75) is 6.92 Å². The highest BCUT2D eigenvalue weighted by molar-refractivity contribution is 14.1. The minimum atomic E-state index is 0.807. The first-order valence-corrected chi connectivity index (χ1v) is 5.69. The Morgan fingerprint density at radius 2 is 1.93 bits per heavy atom. The Morgan fingerprint density at radius 3 is 2.47 bits per heavy atom. The van der Waals surface area contributed by atoms with E-state index in [0.29, 0.717) is 0 Å². The summed E-state index contributed by atoms with van der Waals surface area (Å²) in [5.74, 6) is 1.65. The van der Waals surface area contributed by atoms with E-state index in [9.17, 15) is 0 Å². The van der Waals surface area contributed by atoms with E-state index in [1.54, 1.807) is 12.2 Å². The lowest BCUT2D eigenvalue weighted by atomic mass is 10.2. The van der Waals surface area contributed by atoms with Gasteiger partial charge in [0.1, 0.15) is 11.5 Å². The van der Waals surface area contributed by atoms with Gasteiger partial charge in [-0.05, 0) is 41.7 Å². The van der Waals surface area contributed by atoms with Gasteiger partial charge in [0.05, 0.1) is 3.57 Å². The van der Waals surface area contributed by atoms with Gasteiger partial charge in [-0.3, -0.25) is 0 Å². The minimum absolute atomic E-state index is 0.807. The molecule has 1 heterocycles. The van der Waals surface area contributed by atoms with Crippen molar-refractivity contribution in [3.8, 4) is 0 Å². The fraction of sp³-hybridized carbons (Fsp3) is 0.0769. The van der Waals surface area contributed by atoms with Crippen LogP contribution in [0.5, 0.6) is 0 Å². The quantitative estimate of drug-likeness (QED) is 0.577. The van der Waals surface area contributed by atoms with Crippen LogP contribution in [0.4, 0.5) is 0 Å². The molecular weight excluding hydrogens is 299 g/mol. The molecule has 0 bridgehead atoms. The second kappa shape index (κ2) is 5.75. The maximum Gasteiger partial charge on any atom is 0.141 e. The molecular formula is C13H13IO. The summed E-state index contributed by atoms with van der Waals surface area (Å²) >= 11 is 2.27. The summed E-state index contributed by atoms with van der Waals surface area (Å²) in [6.45, 7) is 9.34. The van der Waals surface area contributed by atoms with Gasteiger partial charge >= 0.3 is 0 Å². The number of rotatable bonds is 4. The standard InChI is InChI=1S/C13H13IO/c1-4-7-9-12-13(14)10(8-5-2)11(6-3)15-12/h4-9H,1,3H2,2H3/b8-5-,9-7-. The molecule has 0 N–H and O–H groups in total. The van der Waals surface area contributed by atoms with Crippen LogP contribution >= 0.6 is 22.6 Å². The minimum Gasteiger partial charge on any atom is -0.456 e. The van der Waals surface area contributed by atoms with Crippen LogP contribution in [-0.2, 0) is 0 Å². The molecule has 0 unspecified atom stereocenters. The third kappa shape index (κ3) is 2.72. The van der Waals surface area contributed by atoms with Gasteiger partial charge in [-0.25, -0.2) is 0 Å². The van der Waals surface area contributed by atoms with Gasteiger partial charge in [0, 0.05) is 5.56 Å². The average molecular weight is 312 g/mol. The molecule has 0 amide bonds. The molecule has 1 rings (SSSR count). The molecule has 0 aliphatic heterocycles. The first-order valence-electron chi connectivity index (χ1n) is 4.61. The summed E-state index contributed by atoms with van der Waals surface area (Å²) in [6, 6.07) is 0. The first-order chi connectivity index (χ1) is 7.24. The highest BCUT2D eigenvalue weighted by Crippen LogP contribution is 2.27. The number of hydrogen-bond donors (Lipinski definition) is 0. The van der Waals surface area contributed by atoms with Gasteiger partial charge in [0.15, 0.2) is 0 Å². The van der Waals surface area contributed by atoms with E-state index < -0.39 is 0 Å². The zero-order chi connectivity index (χ0) is 11.3. The molecule has 0 fully saturated rings. The summed E-state index contributed by atoms with van der Waals surface area (Å²) in [7, 11) is 0. The molecule has 0 aliphatic carbocycles. The van der Waals surface area contributed by atoms with Crippen molar-refractivity contribution in [1.82, 2.24) is 0 Å². The Morgan fingerprint density at radius 1 is 1.20 bits per heavy atom. The van der Waals surface area contributed by atoms with Crippen LogP contribution in [0, 0.1) is 3.57 Å². The summed E-state index contributed by atoms with van der Waals surface area (Å²) < 4.78 is 6.73. The molecule has 1 aromatic rings. The number of furan rings is 1. The van der Waals surface area contributed by atoms with Crippen molar-refractivity contribution < 1.29 is 4.42 Å². The summed E-state index contributed by atoms with van der Waals surface area (Å²) in [5.41, 5.74) is 1.08. The first kappa shape index (κ1) is 12.0. The second-order valence-electron chi connectivity index (χ2n) is 2.86. The molecule has 0 aromatic carbocycles. The van der Waals surface area contributed by atoms with E-state index in [2.05, 4.69) is 35.7 Å². The Balaban J connectivity index is 3.26. The van der Waals surface area contributed by atoms with E-state index in [-0.39, 0.29) is 0 Å². The van der Waals surface area contributed by atoms with E-state index in [0.717, 1.165) is 20.7 Å². The predicted octanol–water partition coefficient (Wildman–Crippen LogP) is 4.76. The van der Waals surface area contributed by atoms with Crippen LogP contribution in [0.15, 0.2) is 35.8 Å². The summed E-state index contributed by atoms with van der Waals surface area (Å²) in [4.78, 5) is 0.